The number of carbonyl (C=O) groups is 1. The Kier molecular flexibility index (Phi) is 5.50. The summed E-state index contributed by atoms with van der Waals surface area (Å²) in [6.45, 7) is 1.99. The number of carboxylic acid groups (broad SMARTS) is 1. The molecule has 4 heteroatoms. The molecular weight excluding hydrogens is 212 g/mol. The van der Waals surface area contributed by atoms with Crippen LogP contribution < -0.4 is 0 Å². The topological polar surface area (TPSA) is 57.5 Å². The molecule has 2 unspecified atom stereocenters. The Labute approximate surface area is 74.5 Å². The zero-order valence-electron chi connectivity index (χ0n) is 6.46. The van der Waals surface area contributed by atoms with Gasteiger partial charge in [-0.05, 0) is 6.42 Å². The summed E-state index contributed by atoms with van der Waals surface area (Å²) >= 11 is 3.22. The molecule has 0 fully saturated rings. The maximum atomic E-state index is 10.1. The number of aliphatic carboxylic acids is 1. The summed E-state index contributed by atoms with van der Waals surface area (Å²) in [4.78, 5) is 10.0. The van der Waals surface area contributed by atoms with Crippen molar-refractivity contribution in [3.63, 3.8) is 0 Å². The van der Waals surface area contributed by atoms with E-state index in [-0.39, 0.29) is 11.2 Å². The van der Waals surface area contributed by atoms with Crippen LogP contribution in [0.1, 0.15) is 26.2 Å². The number of rotatable bonds is 5. The third-order valence-corrected chi connectivity index (χ3v) is 2.43. The summed E-state index contributed by atoms with van der Waals surface area (Å²) in [5.41, 5.74) is 0. The molecule has 0 aliphatic rings. The first-order valence-corrected chi connectivity index (χ1v) is 4.53. The highest BCUT2D eigenvalue weighted by atomic mass is 79.9. The quantitative estimate of drug-likeness (QED) is 0.695. The van der Waals surface area contributed by atoms with E-state index < -0.39 is 12.1 Å². The summed E-state index contributed by atoms with van der Waals surface area (Å²) < 4.78 is 0. The lowest BCUT2D eigenvalue weighted by Gasteiger charge is -2.13. The Bertz CT molecular complexity index is 127. The van der Waals surface area contributed by atoms with Crippen molar-refractivity contribution in [3.05, 3.63) is 0 Å². The minimum absolute atomic E-state index is 0.0939. The monoisotopic (exact) mass is 224 g/mol. The molecule has 0 aromatic heterocycles. The number of carboxylic acids is 1. The van der Waals surface area contributed by atoms with Crippen molar-refractivity contribution < 1.29 is 15.0 Å². The molecule has 0 saturated carbocycles. The third kappa shape index (κ3) is 5.21. The number of aliphatic hydroxyl groups is 1. The second kappa shape index (κ2) is 5.55. The van der Waals surface area contributed by atoms with Gasteiger partial charge in [-0.2, -0.15) is 0 Å². The lowest BCUT2D eigenvalue weighted by molar-refractivity contribution is -0.139. The first-order valence-electron chi connectivity index (χ1n) is 3.61. The molecule has 2 atom stereocenters. The molecule has 0 rings (SSSR count). The van der Waals surface area contributed by atoms with E-state index in [1.807, 2.05) is 6.92 Å². The number of alkyl halides is 1. The van der Waals surface area contributed by atoms with Crippen molar-refractivity contribution in [2.45, 2.75) is 37.1 Å². The Morgan fingerprint density at radius 1 is 1.64 bits per heavy atom. The van der Waals surface area contributed by atoms with E-state index in [1.165, 1.54) is 0 Å². The fraction of sp³-hybridized carbons (Fsp3) is 0.857. The molecule has 0 aliphatic heterocycles. The number of hydrogen-bond donors (Lipinski definition) is 2. The van der Waals surface area contributed by atoms with Crippen LogP contribution >= 0.6 is 15.9 Å². The largest absolute Gasteiger partial charge is 0.481 e. The van der Waals surface area contributed by atoms with Gasteiger partial charge in [0.15, 0.2) is 0 Å². The Morgan fingerprint density at radius 3 is 2.55 bits per heavy atom. The van der Waals surface area contributed by atoms with Gasteiger partial charge in [0.25, 0.3) is 0 Å². The average Bonchev–Trinajstić information content (AvgIpc) is 1.86. The predicted molar refractivity (Wildman–Crippen MR) is 45.9 cm³/mol. The molecule has 0 heterocycles. The van der Waals surface area contributed by atoms with E-state index in [0.717, 1.165) is 12.8 Å². The standard InChI is InChI=1S/C7H13BrO3/c1-2-3-5(8)6(9)4-7(10)11/h5-6,9H,2-4H2,1H3,(H,10,11). The highest BCUT2D eigenvalue weighted by Gasteiger charge is 2.17. The summed E-state index contributed by atoms with van der Waals surface area (Å²) in [6.07, 6.45) is 0.782. The van der Waals surface area contributed by atoms with Gasteiger partial charge in [-0.25, -0.2) is 0 Å². The van der Waals surface area contributed by atoms with Gasteiger partial charge in [-0.1, -0.05) is 29.3 Å². The minimum atomic E-state index is -0.960. The van der Waals surface area contributed by atoms with Crippen molar-refractivity contribution in [3.8, 4) is 0 Å². The molecule has 0 aliphatic carbocycles. The van der Waals surface area contributed by atoms with Gasteiger partial charge in [0.05, 0.1) is 12.5 Å². The van der Waals surface area contributed by atoms with Gasteiger partial charge in [0.1, 0.15) is 0 Å². The van der Waals surface area contributed by atoms with Crippen LogP contribution in [0.5, 0.6) is 0 Å². The molecule has 0 aromatic carbocycles. The number of hydrogen-bond acceptors (Lipinski definition) is 2. The summed E-state index contributed by atoms with van der Waals surface area (Å²) in [6, 6.07) is 0. The fourth-order valence-corrected chi connectivity index (χ4v) is 1.42. The summed E-state index contributed by atoms with van der Waals surface area (Å²) in [5, 5.41) is 17.5. The smallest absolute Gasteiger partial charge is 0.306 e. The Balaban J connectivity index is 3.63. The molecule has 0 aromatic rings. The first kappa shape index (κ1) is 10.9. The molecule has 2 N–H and O–H groups in total. The summed E-state index contributed by atoms with van der Waals surface area (Å²) in [7, 11) is 0. The highest BCUT2D eigenvalue weighted by molar-refractivity contribution is 9.09. The SMILES string of the molecule is CCCC(Br)C(O)CC(=O)O. The molecular formula is C7H13BrO3. The second-order valence-electron chi connectivity index (χ2n) is 2.47. The predicted octanol–water partition coefficient (Wildman–Crippen LogP) is 1.39. The van der Waals surface area contributed by atoms with Gasteiger partial charge in [0, 0.05) is 4.83 Å². The highest BCUT2D eigenvalue weighted by Crippen LogP contribution is 2.14. The Morgan fingerprint density at radius 2 is 2.18 bits per heavy atom. The molecule has 11 heavy (non-hydrogen) atoms. The van der Waals surface area contributed by atoms with Crippen molar-refractivity contribution in [1.29, 1.82) is 0 Å². The number of halogens is 1. The second-order valence-corrected chi connectivity index (χ2v) is 3.65. The van der Waals surface area contributed by atoms with E-state index in [1.54, 1.807) is 0 Å². The lowest BCUT2D eigenvalue weighted by atomic mass is 10.1. The van der Waals surface area contributed by atoms with Gasteiger partial charge < -0.3 is 10.2 Å². The molecule has 0 radical (unpaired) electrons. The maximum Gasteiger partial charge on any atom is 0.306 e. The van der Waals surface area contributed by atoms with E-state index in [2.05, 4.69) is 15.9 Å². The molecule has 0 bridgehead atoms. The maximum absolute atomic E-state index is 10.1. The molecule has 66 valence electrons. The minimum Gasteiger partial charge on any atom is -0.481 e. The third-order valence-electron chi connectivity index (χ3n) is 1.37. The number of aliphatic hydroxyl groups excluding tert-OH is 1. The zero-order chi connectivity index (χ0) is 8.85. The fourth-order valence-electron chi connectivity index (χ4n) is 0.775. The van der Waals surface area contributed by atoms with Crippen LogP contribution in [0.15, 0.2) is 0 Å². The van der Waals surface area contributed by atoms with Gasteiger partial charge in [-0.3, -0.25) is 4.79 Å². The Hall–Kier alpha value is -0.0900. The van der Waals surface area contributed by atoms with Crippen LogP contribution in [0.25, 0.3) is 0 Å². The van der Waals surface area contributed by atoms with Crippen LogP contribution in [0, 0.1) is 0 Å². The van der Waals surface area contributed by atoms with Crippen LogP contribution in [0.4, 0.5) is 0 Å². The van der Waals surface area contributed by atoms with Gasteiger partial charge >= 0.3 is 5.97 Å². The molecule has 0 saturated heterocycles. The van der Waals surface area contributed by atoms with Gasteiger partial charge in [-0.15, -0.1) is 0 Å². The first-order chi connectivity index (χ1) is 5.07. The van der Waals surface area contributed by atoms with E-state index in [9.17, 15) is 9.90 Å². The van der Waals surface area contributed by atoms with Gasteiger partial charge in [0.2, 0.25) is 0 Å². The van der Waals surface area contributed by atoms with E-state index in [0.29, 0.717) is 0 Å². The molecule has 0 amide bonds. The van der Waals surface area contributed by atoms with Crippen molar-refractivity contribution >= 4 is 21.9 Å². The van der Waals surface area contributed by atoms with Crippen molar-refractivity contribution in [2.75, 3.05) is 0 Å². The summed E-state index contributed by atoms with van der Waals surface area (Å²) in [5.74, 6) is -0.960. The van der Waals surface area contributed by atoms with E-state index in [4.69, 9.17) is 5.11 Å². The average molecular weight is 225 g/mol. The van der Waals surface area contributed by atoms with Crippen LogP contribution in [0.2, 0.25) is 0 Å². The molecule has 0 spiro atoms. The van der Waals surface area contributed by atoms with Crippen molar-refractivity contribution in [1.82, 2.24) is 0 Å². The van der Waals surface area contributed by atoms with Crippen LogP contribution in [0.3, 0.4) is 0 Å². The normalized spacial score (nSPS) is 15.9. The van der Waals surface area contributed by atoms with E-state index >= 15 is 0 Å². The lowest BCUT2D eigenvalue weighted by Crippen LogP contribution is -2.23. The molecule has 3 nitrogen and oxygen atoms in total. The van der Waals surface area contributed by atoms with Crippen molar-refractivity contribution in [2.24, 2.45) is 0 Å². The zero-order valence-corrected chi connectivity index (χ0v) is 8.04. The van der Waals surface area contributed by atoms with Crippen LogP contribution in [-0.2, 0) is 4.79 Å². The van der Waals surface area contributed by atoms with Crippen LogP contribution in [-0.4, -0.2) is 27.1 Å².